The van der Waals surface area contributed by atoms with Crippen LogP contribution < -0.4 is 4.74 Å². The molecule has 0 aliphatic carbocycles. The Kier molecular flexibility index (Phi) is 6.55. The minimum atomic E-state index is -3.49. The van der Waals surface area contributed by atoms with Gasteiger partial charge in [-0.25, -0.2) is 13.2 Å². The van der Waals surface area contributed by atoms with E-state index in [2.05, 4.69) is 0 Å². The molecule has 0 bridgehead atoms. The Morgan fingerprint density at radius 2 is 1.68 bits per heavy atom. The van der Waals surface area contributed by atoms with Crippen molar-refractivity contribution in [2.75, 3.05) is 19.0 Å². The molecule has 0 saturated heterocycles. The molecule has 25 heavy (non-hydrogen) atoms. The first-order valence-electron chi connectivity index (χ1n) is 7.68. The fourth-order valence-electron chi connectivity index (χ4n) is 2.00. The molecule has 0 saturated carbocycles. The molecule has 0 unspecified atom stereocenters. The lowest BCUT2D eigenvalue weighted by molar-refractivity contribution is -0.145. The van der Waals surface area contributed by atoms with Gasteiger partial charge < -0.3 is 14.6 Å². The molecule has 0 amide bonds. The summed E-state index contributed by atoms with van der Waals surface area (Å²) >= 11 is 0. The van der Waals surface area contributed by atoms with Gasteiger partial charge in [-0.1, -0.05) is 29.8 Å². The topological polar surface area (TPSA) is 89.9 Å². The lowest BCUT2D eigenvalue weighted by Crippen LogP contribution is -2.20. The van der Waals surface area contributed by atoms with Crippen LogP contribution in [0.3, 0.4) is 0 Å². The van der Waals surface area contributed by atoms with Crippen LogP contribution in [-0.4, -0.2) is 38.5 Å². The van der Waals surface area contributed by atoms with Crippen LogP contribution in [0.25, 0.3) is 0 Å². The minimum absolute atomic E-state index is 0.0716. The summed E-state index contributed by atoms with van der Waals surface area (Å²) in [5, 5.41) is 8.94. The normalized spacial score (nSPS) is 11.1. The number of ether oxygens (including phenoxy) is 2. The SMILES string of the molecule is Cc1ccc(S(=O)(=O)CCOC(=O)COc2ccc(CO)cc2)cc1. The number of rotatable bonds is 8. The second-order valence-electron chi connectivity index (χ2n) is 5.44. The number of aliphatic hydroxyl groups is 1. The number of aryl methyl sites for hydroxylation is 1. The number of esters is 1. The van der Waals surface area contributed by atoms with E-state index in [1.807, 2.05) is 6.92 Å². The van der Waals surface area contributed by atoms with Crippen LogP contribution in [-0.2, 0) is 26.0 Å². The lowest BCUT2D eigenvalue weighted by Gasteiger charge is -2.08. The molecule has 0 aliphatic heterocycles. The van der Waals surface area contributed by atoms with Gasteiger partial charge in [0.1, 0.15) is 12.4 Å². The molecular weight excluding hydrogens is 344 g/mol. The van der Waals surface area contributed by atoms with Crippen LogP contribution in [0.2, 0.25) is 0 Å². The predicted octanol–water partition coefficient (Wildman–Crippen LogP) is 1.88. The van der Waals surface area contributed by atoms with Gasteiger partial charge in [0.05, 0.1) is 17.3 Å². The van der Waals surface area contributed by atoms with Crippen molar-refractivity contribution in [3.05, 3.63) is 59.7 Å². The van der Waals surface area contributed by atoms with Crippen LogP contribution in [0.15, 0.2) is 53.4 Å². The number of carbonyl (C=O) groups excluding carboxylic acids is 1. The molecule has 1 N–H and O–H groups in total. The van der Waals surface area contributed by atoms with Crippen molar-refractivity contribution in [1.82, 2.24) is 0 Å². The van der Waals surface area contributed by atoms with E-state index >= 15 is 0 Å². The molecule has 2 aromatic carbocycles. The smallest absolute Gasteiger partial charge is 0.344 e. The molecule has 0 spiro atoms. The van der Waals surface area contributed by atoms with Crippen molar-refractivity contribution in [2.45, 2.75) is 18.4 Å². The van der Waals surface area contributed by atoms with E-state index < -0.39 is 15.8 Å². The Morgan fingerprint density at radius 3 is 2.28 bits per heavy atom. The highest BCUT2D eigenvalue weighted by atomic mass is 32.2. The lowest BCUT2D eigenvalue weighted by atomic mass is 10.2. The molecule has 0 fully saturated rings. The summed E-state index contributed by atoms with van der Waals surface area (Å²) in [6, 6.07) is 13.1. The average molecular weight is 364 g/mol. The quantitative estimate of drug-likeness (QED) is 0.720. The van der Waals surface area contributed by atoms with Crippen LogP contribution in [0.1, 0.15) is 11.1 Å². The monoisotopic (exact) mass is 364 g/mol. The Balaban J connectivity index is 1.76. The first kappa shape index (κ1) is 19.0. The summed E-state index contributed by atoms with van der Waals surface area (Å²) in [7, 11) is -3.49. The van der Waals surface area contributed by atoms with Crippen LogP contribution in [0.5, 0.6) is 5.75 Å². The molecule has 2 aromatic rings. The summed E-state index contributed by atoms with van der Waals surface area (Å²) in [6.07, 6.45) is 0. The Bertz CT molecular complexity index is 794. The highest BCUT2D eigenvalue weighted by molar-refractivity contribution is 7.91. The summed E-state index contributed by atoms with van der Waals surface area (Å²) in [5.41, 5.74) is 1.70. The third-order valence-corrected chi connectivity index (χ3v) is 5.15. The number of hydrogen-bond donors (Lipinski definition) is 1. The van der Waals surface area contributed by atoms with Crippen molar-refractivity contribution in [3.63, 3.8) is 0 Å². The van der Waals surface area contributed by atoms with Gasteiger partial charge in [0.25, 0.3) is 0 Å². The number of hydrogen-bond acceptors (Lipinski definition) is 6. The van der Waals surface area contributed by atoms with Crippen LogP contribution in [0.4, 0.5) is 0 Å². The van der Waals surface area contributed by atoms with E-state index in [0.29, 0.717) is 5.75 Å². The molecular formula is C18H20O6S. The molecule has 6 nitrogen and oxygen atoms in total. The predicted molar refractivity (Wildman–Crippen MR) is 92.1 cm³/mol. The number of carbonyl (C=O) groups is 1. The maximum Gasteiger partial charge on any atom is 0.344 e. The van der Waals surface area contributed by atoms with Crippen molar-refractivity contribution < 1.29 is 27.8 Å². The van der Waals surface area contributed by atoms with E-state index in [4.69, 9.17) is 14.6 Å². The number of sulfone groups is 1. The molecule has 0 heterocycles. The Morgan fingerprint density at radius 1 is 1.04 bits per heavy atom. The molecule has 134 valence electrons. The van der Waals surface area contributed by atoms with Gasteiger partial charge in [0, 0.05) is 0 Å². The maximum absolute atomic E-state index is 12.1. The van der Waals surface area contributed by atoms with Crippen molar-refractivity contribution in [1.29, 1.82) is 0 Å². The molecule has 0 radical (unpaired) electrons. The van der Waals surface area contributed by atoms with Crippen molar-refractivity contribution in [3.8, 4) is 5.75 Å². The zero-order chi connectivity index (χ0) is 18.3. The largest absolute Gasteiger partial charge is 0.482 e. The van der Waals surface area contributed by atoms with Gasteiger partial charge in [0.2, 0.25) is 0 Å². The van der Waals surface area contributed by atoms with Gasteiger partial charge in [-0.05, 0) is 36.8 Å². The summed E-state index contributed by atoms with van der Waals surface area (Å²) in [5.74, 6) is -0.473. The van der Waals surface area contributed by atoms with Crippen LogP contribution in [0, 0.1) is 6.92 Å². The summed E-state index contributed by atoms with van der Waals surface area (Å²) < 4.78 is 34.4. The second kappa shape index (κ2) is 8.64. The zero-order valence-electron chi connectivity index (χ0n) is 13.8. The number of benzene rings is 2. The van der Waals surface area contributed by atoms with E-state index in [1.54, 1.807) is 36.4 Å². The fourth-order valence-corrected chi connectivity index (χ4v) is 3.09. The second-order valence-corrected chi connectivity index (χ2v) is 7.55. The summed E-state index contributed by atoms with van der Waals surface area (Å²) in [4.78, 5) is 11.8. The highest BCUT2D eigenvalue weighted by Crippen LogP contribution is 2.13. The average Bonchev–Trinajstić information content (AvgIpc) is 2.60. The molecule has 0 atom stereocenters. The molecule has 0 aromatic heterocycles. The van der Waals surface area contributed by atoms with Gasteiger partial charge in [-0.3, -0.25) is 0 Å². The van der Waals surface area contributed by atoms with Gasteiger partial charge in [0.15, 0.2) is 16.4 Å². The van der Waals surface area contributed by atoms with Crippen molar-refractivity contribution >= 4 is 15.8 Å². The first-order valence-corrected chi connectivity index (χ1v) is 9.33. The van der Waals surface area contributed by atoms with Gasteiger partial charge >= 0.3 is 5.97 Å². The third-order valence-electron chi connectivity index (χ3n) is 3.46. The van der Waals surface area contributed by atoms with E-state index in [1.165, 1.54) is 12.1 Å². The maximum atomic E-state index is 12.1. The van der Waals surface area contributed by atoms with E-state index in [9.17, 15) is 13.2 Å². The Hall–Kier alpha value is -2.38. The standard InChI is InChI=1S/C18H20O6S/c1-14-2-8-17(9-3-14)25(21,22)11-10-23-18(20)13-24-16-6-4-15(12-19)5-7-16/h2-9,19H,10-13H2,1H3. The zero-order valence-corrected chi connectivity index (χ0v) is 14.7. The molecule has 7 heteroatoms. The van der Waals surface area contributed by atoms with Gasteiger partial charge in [-0.2, -0.15) is 0 Å². The van der Waals surface area contributed by atoms with Crippen molar-refractivity contribution in [2.24, 2.45) is 0 Å². The molecule has 2 rings (SSSR count). The van der Waals surface area contributed by atoms with Crippen LogP contribution >= 0.6 is 0 Å². The first-order chi connectivity index (χ1) is 11.9. The minimum Gasteiger partial charge on any atom is -0.482 e. The fraction of sp³-hybridized carbons (Fsp3) is 0.278. The Labute approximate surface area is 146 Å². The highest BCUT2D eigenvalue weighted by Gasteiger charge is 2.15. The molecule has 0 aliphatic rings. The van der Waals surface area contributed by atoms with E-state index in [-0.39, 0.29) is 30.5 Å². The van der Waals surface area contributed by atoms with Gasteiger partial charge in [-0.15, -0.1) is 0 Å². The number of aliphatic hydroxyl groups excluding tert-OH is 1. The van der Waals surface area contributed by atoms with E-state index in [0.717, 1.165) is 11.1 Å². The third kappa shape index (κ3) is 5.88. The summed E-state index contributed by atoms with van der Waals surface area (Å²) in [6.45, 7) is 1.25.